The van der Waals surface area contributed by atoms with E-state index in [1.54, 1.807) is 25.1 Å². The molecule has 1 N–H and O–H groups in total. The molecular weight excluding hydrogens is 490 g/mol. The predicted octanol–water partition coefficient (Wildman–Crippen LogP) is 3.99. The Bertz CT molecular complexity index is 1170. The molecule has 1 aliphatic heterocycles. The Hall–Kier alpha value is -3.35. The summed E-state index contributed by atoms with van der Waals surface area (Å²) in [5.74, 6) is -1.03. The van der Waals surface area contributed by atoms with Gasteiger partial charge in [0.15, 0.2) is 18.1 Å². The van der Waals surface area contributed by atoms with Crippen molar-refractivity contribution < 1.29 is 23.9 Å². The number of barbiturate groups is 1. The molecule has 1 aliphatic rings. The van der Waals surface area contributed by atoms with Crippen LogP contribution in [0.3, 0.4) is 0 Å². The second-order valence-corrected chi connectivity index (χ2v) is 7.63. The number of urea groups is 1. The maximum atomic E-state index is 13.0. The second kappa shape index (κ2) is 9.20. The highest BCUT2D eigenvalue weighted by atomic mass is 79.9. The zero-order valence-corrected chi connectivity index (χ0v) is 18.7. The number of imide groups is 2. The van der Waals surface area contributed by atoms with Crippen LogP contribution in [-0.2, 0) is 9.59 Å². The molecule has 0 bridgehead atoms. The molecular formula is C21H15BrClN3O5. The van der Waals surface area contributed by atoms with E-state index >= 15 is 0 Å². The number of amides is 4. The van der Waals surface area contributed by atoms with Crippen LogP contribution in [0.25, 0.3) is 6.08 Å². The van der Waals surface area contributed by atoms with Crippen molar-refractivity contribution >= 4 is 57.1 Å². The molecule has 3 rings (SSSR count). The molecule has 158 valence electrons. The number of carbonyl (C=O) groups is 3. The Labute approximate surface area is 191 Å². The van der Waals surface area contributed by atoms with E-state index in [9.17, 15) is 14.4 Å². The summed E-state index contributed by atoms with van der Waals surface area (Å²) in [6, 6.07) is 8.82. The van der Waals surface area contributed by atoms with Gasteiger partial charge in [-0.1, -0.05) is 17.7 Å². The zero-order chi connectivity index (χ0) is 22.7. The smallest absolute Gasteiger partial charge is 0.335 e. The van der Waals surface area contributed by atoms with Crippen molar-refractivity contribution in [1.29, 1.82) is 5.26 Å². The van der Waals surface area contributed by atoms with Gasteiger partial charge in [0.2, 0.25) is 0 Å². The van der Waals surface area contributed by atoms with Crippen molar-refractivity contribution in [3.05, 3.63) is 56.5 Å². The predicted molar refractivity (Wildman–Crippen MR) is 117 cm³/mol. The Kier molecular flexibility index (Phi) is 6.63. The molecule has 0 radical (unpaired) electrons. The van der Waals surface area contributed by atoms with Crippen LogP contribution in [0.1, 0.15) is 11.1 Å². The van der Waals surface area contributed by atoms with Gasteiger partial charge in [0.25, 0.3) is 11.8 Å². The lowest BCUT2D eigenvalue weighted by Crippen LogP contribution is -2.54. The average Bonchev–Trinajstić information content (AvgIpc) is 2.72. The molecule has 0 saturated carbocycles. The van der Waals surface area contributed by atoms with E-state index in [1.165, 1.54) is 25.3 Å². The first-order valence-electron chi connectivity index (χ1n) is 8.81. The summed E-state index contributed by atoms with van der Waals surface area (Å²) in [6.07, 6.45) is 1.33. The summed E-state index contributed by atoms with van der Waals surface area (Å²) in [7, 11) is 1.41. The number of halogens is 2. The van der Waals surface area contributed by atoms with Crippen molar-refractivity contribution in [3.63, 3.8) is 0 Å². The Balaban J connectivity index is 2.03. The monoisotopic (exact) mass is 503 g/mol. The third kappa shape index (κ3) is 4.55. The molecule has 1 fully saturated rings. The summed E-state index contributed by atoms with van der Waals surface area (Å²) in [5, 5.41) is 11.3. The number of nitrogens with zero attached hydrogens (tertiary/aromatic N) is 2. The van der Waals surface area contributed by atoms with E-state index in [1.807, 2.05) is 6.07 Å². The van der Waals surface area contributed by atoms with Crippen LogP contribution in [0.15, 0.2) is 40.4 Å². The Morgan fingerprint density at radius 1 is 1.26 bits per heavy atom. The average molecular weight is 505 g/mol. The van der Waals surface area contributed by atoms with Crippen molar-refractivity contribution in [2.45, 2.75) is 6.92 Å². The SMILES string of the molecule is COc1cc(/C=C2/C(=O)NC(=O)N(c3ccc(C)c(Cl)c3)C2=O)cc(Br)c1OCC#N. The van der Waals surface area contributed by atoms with Crippen LogP contribution >= 0.6 is 27.5 Å². The third-order valence-electron chi connectivity index (χ3n) is 4.36. The fourth-order valence-corrected chi connectivity index (χ4v) is 3.60. The topological polar surface area (TPSA) is 109 Å². The molecule has 1 heterocycles. The van der Waals surface area contributed by atoms with Crippen LogP contribution in [0.4, 0.5) is 10.5 Å². The number of carbonyl (C=O) groups excluding carboxylic acids is 3. The second-order valence-electron chi connectivity index (χ2n) is 6.37. The number of hydrogen-bond acceptors (Lipinski definition) is 6. The van der Waals surface area contributed by atoms with Crippen molar-refractivity contribution in [2.75, 3.05) is 18.6 Å². The fraction of sp³-hybridized carbons (Fsp3) is 0.143. The molecule has 4 amide bonds. The molecule has 31 heavy (non-hydrogen) atoms. The van der Waals surface area contributed by atoms with Gasteiger partial charge in [-0.05, 0) is 64.3 Å². The van der Waals surface area contributed by atoms with E-state index in [-0.39, 0.29) is 17.9 Å². The molecule has 2 aromatic carbocycles. The first-order valence-corrected chi connectivity index (χ1v) is 9.98. The number of nitriles is 1. The number of hydrogen-bond donors (Lipinski definition) is 1. The van der Waals surface area contributed by atoms with Gasteiger partial charge in [-0.2, -0.15) is 5.26 Å². The van der Waals surface area contributed by atoms with Gasteiger partial charge >= 0.3 is 6.03 Å². The molecule has 0 aromatic heterocycles. The van der Waals surface area contributed by atoms with E-state index in [0.29, 0.717) is 26.6 Å². The molecule has 8 nitrogen and oxygen atoms in total. The number of ether oxygens (including phenoxy) is 2. The quantitative estimate of drug-likeness (QED) is 0.487. The number of rotatable bonds is 5. The van der Waals surface area contributed by atoms with E-state index in [4.69, 9.17) is 26.3 Å². The molecule has 0 unspecified atom stereocenters. The van der Waals surface area contributed by atoms with Crippen LogP contribution in [0, 0.1) is 18.3 Å². The molecule has 2 aromatic rings. The molecule has 0 atom stereocenters. The lowest BCUT2D eigenvalue weighted by molar-refractivity contribution is -0.122. The third-order valence-corrected chi connectivity index (χ3v) is 5.36. The number of benzene rings is 2. The molecule has 0 aliphatic carbocycles. The standard InChI is InChI=1S/C21H15BrClN3O5/c1-11-3-4-13(10-16(11)23)26-20(28)14(19(27)25-21(26)29)7-12-8-15(22)18(31-6-5-24)17(9-12)30-2/h3-4,7-10H,6H2,1-2H3,(H,25,27,29)/b14-7-. The highest BCUT2D eigenvalue weighted by Crippen LogP contribution is 2.37. The maximum Gasteiger partial charge on any atom is 0.335 e. The minimum atomic E-state index is -0.869. The maximum absolute atomic E-state index is 13.0. The zero-order valence-electron chi connectivity index (χ0n) is 16.4. The summed E-state index contributed by atoms with van der Waals surface area (Å²) >= 11 is 9.45. The molecule has 10 heteroatoms. The molecule has 0 spiro atoms. The van der Waals surface area contributed by atoms with Crippen LogP contribution < -0.4 is 19.7 Å². The number of anilines is 1. The largest absolute Gasteiger partial charge is 0.493 e. The van der Waals surface area contributed by atoms with E-state index in [0.717, 1.165) is 10.5 Å². The van der Waals surface area contributed by atoms with Crippen molar-refractivity contribution in [2.24, 2.45) is 0 Å². The van der Waals surface area contributed by atoms with Gasteiger partial charge in [0, 0.05) is 5.02 Å². The van der Waals surface area contributed by atoms with Crippen LogP contribution in [0.5, 0.6) is 11.5 Å². The Morgan fingerprint density at radius 2 is 2.00 bits per heavy atom. The van der Waals surface area contributed by atoms with E-state index < -0.39 is 17.8 Å². The van der Waals surface area contributed by atoms with Gasteiger partial charge in [-0.15, -0.1) is 0 Å². The number of nitrogens with one attached hydrogen (secondary N) is 1. The van der Waals surface area contributed by atoms with Gasteiger partial charge in [-0.25, -0.2) is 9.69 Å². The van der Waals surface area contributed by atoms with Crippen LogP contribution in [-0.4, -0.2) is 31.6 Å². The van der Waals surface area contributed by atoms with Crippen molar-refractivity contribution in [3.8, 4) is 17.6 Å². The molecule has 1 saturated heterocycles. The normalized spacial score (nSPS) is 15.0. The van der Waals surface area contributed by atoms with E-state index in [2.05, 4.69) is 21.2 Å². The van der Waals surface area contributed by atoms with Gasteiger partial charge < -0.3 is 9.47 Å². The first kappa shape index (κ1) is 22.3. The first-order chi connectivity index (χ1) is 14.8. The summed E-state index contributed by atoms with van der Waals surface area (Å²) < 4.78 is 11.1. The highest BCUT2D eigenvalue weighted by molar-refractivity contribution is 9.10. The van der Waals surface area contributed by atoms with Gasteiger partial charge in [-0.3, -0.25) is 14.9 Å². The highest BCUT2D eigenvalue weighted by Gasteiger charge is 2.37. The number of aryl methyl sites for hydroxylation is 1. The van der Waals surface area contributed by atoms with Crippen LogP contribution in [0.2, 0.25) is 5.02 Å². The summed E-state index contributed by atoms with van der Waals surface area (Å²) in [6.45, 7) is 1.60. The summed E-state index contributed by atoms with van der Waals surface area (Å²) in [4.78, 5) is 38.6. The van der Waals surface area contributed by atoms with Gasteiger partial charge in [0.1, 0.15) is 11.6 Å². The number of methoxy groups -OCH3 is 1. The van der Waals surface area contributed by atoms with Crippen molar-refractivity contribution in [1.82, 2.24) is 5.32 Å². The lowest BCUT2D eigenvalue weighted by Gasteiger charge is -2.26. The summed E-state index contributed by atoms with van der Waals surface area (Å²) in [5.41, 5.74) is 1.19. The minimum Gasteiger partial charge on any atom is -0.493 e. The Morgan fingerprint density at radius 3 is 2.65 bits per heavy atom. The minimum absolute atomic E-state index is 0.188. The lowest BCUT2D eigenvalue weighted by atomic mass is 10.1. The fourth-order valence-electron chi connectivity index (χ4n) is 2.85. The van der Waals surface area contributed by atoms with Gasteiger partial charge in [0.05, 0.1) is 17.3 Å².